The maximum Gasteiger partial charge on any atom is 0.243 e. The first-order valence-electron chi connectivity index (χ1n) is 9.47. The van der Waals surface area contributed by atoms with E-state index in [0.29, 0.717) is 12.1 Å². The molecule has 1 aliphatic heterocycles. The number of halogens is 1. The van der Waals surface area contributed by atoms with E-state index in [9.17, 15) is 4.79 Å². The predicted molar refractivity (Wildman–Crippen MR) is 115 cm³/mol. The average molecular weight is 465 g/mol. The van der Waals surface area contributed by atoms with Crippen molar-refractivity contribution >= 4 is 35.8 Å². The number of hydrogen-bond donors (Lipinski definition) is 1. The Hall–Kier alpha value is -0.570. The van der Waals surface area contributed by atoms with Crippen LogP contribution in [0.5, 0.6) is 0 Å². The number of aliphatic imine (C=N–C) groups is 1. The molecule has 1 saturated heterocycles. The van der Waals surface area contributed by atoms with Gasteiger partial charge in [0.2, 0.25) is 5.91 Å². The second-order valence-corrected chi connectivity index (χ2v) is 7.36. The Morgan fingerprint density at radius 1 is 1.16 bits per heavy atom. The second kappa shape index (κ2) is 11.2. The molecule has 2 fully saturated rings. The molecule has 0 aromatic rings. The number of carbonyl (C=O) groups is 1. The van der Waals surface area contributed by atoms with Crippen LogP contribution in [-0.2, 0) is 4.79 Å². The highest BCUT2D eigenvalue weighted by Crippen LogP contribution is 2.19. The fraction of sp³-hybridized carbons (Fsp3) is 0.889. The van der Waals surface area contributed by atoms with Crippen molar-refractivity contribution in [1.29, 1.82) is 0 Å². The highest BCUT2D eigenvalue weighted by molar-refractivity contribution is 14.0. The number of carbonyl (C=O) groups excluding carboxylic acids is 1. The van der Waals surface area contributed by atoms with Crippen molar-refractivity contribution < 1.29 is 4.79 Å². The summed E-state index contributed by atoms with van der Waals surface area (Å²) in [5, 5.41) is 3.60. The fourth-order valence-corrected chi connectivity index (χ4v) is 3.73. The van der Waals surface area contributed by atoms with Crippen molar-refractivity contribution in [3.8, 4) is 0 Å². The minimum Gasteiger partial charge on any atom is -0.354 e. The van der Waals surface area contributed by atoms with E-state index in [0.717, 1.165) is 19.0 Å². The van der Waals surface area contributed by atoms with Gasteiger partial charge in [0.15, 0.2) is 5.96 Å². The van der Waals surface area contributed by atoms with Crippen LogP contribution in [0.15, 0.2) is 4.99 Å². The minimum absolute atomic E-state index is 0. The largest absolute Gasteiger partial charge is 0.354 e. The molecule has 0 spiro atoms. The maximum absolute atomic E-state index is 11.9. The molecule has 6 nitrogen and oxygen atoms in total. The van der Waals surface area contributed by atoms with Gasteiger partial charge in [0.25, 0.3) is 0 Å². The Morgan fingerprint density at radius 3 is 2.44 bits per heavy atom. The van der Waals surface area contributed by atoms with Crippen LogP contribution in [0.2, 0.25) is 0 Å². The number of amides is 1. The molecule has 1 atom stereocenters. The lowest BCUT2D eigenvalue weighted by molar-refractivity contribution is -0.127. The van der Waals surface area contributed by atoms with Crippen molar-refractivity contribution in [2.45, 2.75) is 57.5 Å². The smallest absolute Gasteiger partial charge is 0.243 e. The summed E-state index contributed by atoms with van der Waals surface area (Å²) < 4.78 is 0. The van der Waals surface area contributed by atoms with Gasteiger partial charge in [-0.3, -0.25) is 9.69 Å². The third-order valence-electron chi connectivity index (χ3n) is 5.30. The number of rotatable bonds is 6. The first-order chi connectivity index (χ1) is 11.5. The van der Waals surface area contributed by atoms with Gasteiger partial charge in [-0.25, -0.2) is 4.99 Å². The quantitative estimate of drug-likeness (QED) is 0.371. The van der Waals surface area contributed by atoms with Gasteiger partial charge in [-0.2, -0.15) is 0 Å². The van der Waals surface area contributed by atoms with E-state index in [-0.39, 0.29) is 36.4 Å². The van der Waals surface area contributed by atoms with E-state index in [2.05, 4.69) is 34.1 Å². The fourth-order valence-electron chi connectivity index (χ4n) is 3.73. The normalized spacial score (nSPS) is 21.9. The van der Waals surface area contributed by atoms with Gasteiger partial charge in [0.05, 0.1) is 0 Å². The molecule has 1 unspecified atom stereocenters. The highest BCUT2D eigenvalue weighted by Gasteiger charge is 2.26. The third-order valence-corrected chi connectivity index (χ3v) is 5.30. The van der Waals surface area contributed by atoms with Gasteiger partial charge in [-0.15, -0.1) is 24.0 Å². The molecule has 7 heteroatoms. The van der Waals surface area contributed by atoms with E-state index in [1.54, 1.807) is 19.0 Å². The van der Waals surface area contributed by atoms with Crippen LogP contribution in [0, 0.1) is 0 Å². The molecule has 2 rings (SSSR count). The molecular formula is C18H36IN5O. The third kappa shape index (κ3) is 6.92. The van der Waals surface area contributed by atoms with Crippen molar-refractivity contribution in [3.63, 3.8) is 0 Å². The van der Waals surface area contributed by atoms with Gasteiger partial charge in [-0.05, 0) is 38.8 Å². The molecule has 0 aromatic carbocycles. The molecule has 0 aromatic heterocycles. The highest BCUT2D eigenvalue weighted by atomic mass is 127. The second-order valence-electron chi connectivity index (χ2n) is 7.36. The summed E-state index contributed by atoms with van der Waals surface area (Å²) >= 11 is 0. The molecule has 1 amide bonds. The number of hydrogen-bond acceptors (Lipinski definition) is 3. The van der Waals surface area contributed by atoms with Crippen molar-refractivity contribution in [3.05, 3.63) is 0 Å². The first-order valence-corrected chi connectivity index (χ1v) is 9.47. The van der Waals surface area contributed by atoms with Gasteiger partial charge in [0.1, 0.15) is 6.54 Å². The number of likely N-dealkylation sites (tertiary alicyclic amines) is 1. The number of guanidine groups is 1. The van der Waals surface area contributed by atoms with E-state index >= 15 is 0 Å². The minimum atomic E-state index is 0. The molecule has 146 valence electrons. The van der Waals surface area contributed by atoms with Crippen LogP contribution >= 0.6 is 24.0 Å². The Labute approximate surface area is 170 Å². The lowest BCUT2D eigenvalue weighted by Crippen LogP contribution is -2.48. The topological polar surface area (TPSA) is 51.2 Å². The van der Waals surface area contributed by atoms with Crippen LogP contribution in [-0.4, -0.2) is 86.0 Å². The first kappa shape index (κ1) is 22.5. The number of likely N-dealkylation sites (N-methyl/N-ethyl adjacent to an activating group) is 3. The monoisotopic (exact) mass is 465 g/mol. The molecule has 1 saturated carbocycles. The van der Waals surface area contributed by atoms with E-state index in [4.69, 9.17) is 0 Å². The van der Waals surface area contributed by atoms with Crippen LogP contribution in [0.25, 0.3) is 0 Å². The van der Waals surface area contributed by atoms with E-state index < -0.39 is 0 Å². The zero-order chi connectivity index (χ0) is 17.5. The summed E-state index contributed by atoms with van der Waals surface area (Å²) in [4.78, 5) is 22.9. The number of nitrogens with one attached hydrogen (secondary N) is 1. The number of nitrogens with zero attached hydrogens (tertiary/aromatic N) is 4. The summed E-state index contributed by atoms with van der Waals surface area (Å²) in [6, 6.07) is 1.10. The lowest BCUT2D eigenvalue weighted by atomic mass is 10.2. The summed E-state index contributed by atoms with van der Waals surface area (Å²) in [5.41, 5.74) is 0. The standard InChI is InChI=1S/C18H35N5O.HI/c1-5-23-12-8-11-16(23)14-22(4)18(19-13-17(24)21(2)3)20-15-9-6-7-10-15;/h15-16H,5-14H2,1-4H3,(H,19,20);1H. The Morgan fingerprint density at radius 2 is 1.84 bits per heavy atom. The molecule has 1 aliphatic carbocycles. The van der Waals surface area contributed by atoms with Gasteiger partial charge < -0.3 is 15.1 Å². The lowest BCUT2D eigenvalue weighted by Gasteiger charge is -2.31. The summed E-state index contributed by atoms with van der Waals surface area (Å²) in [6.07, 6.45) is 7.53. The molecule has 0 bridgehead atoms. The van der Waals surface area contributed by atoms with Crippen molar-refractivity contribution in [1.82, 2.24) is 20.0 Å². The van der Waals surface area contributed by atoms with Crippen molar-refractivity contribution in [2.75, 3.05) is 47.3 Å². The van der Waals surface area contributed by atoms with Crippen LogP contribution < -0.4 is 5.32 Å². The molecule has 2 aliphatic rings. The Kier molecular flexibility index (Phi) is 10.1. The zero-order valence-corrected chi connectivity index (χ0v) is 18.7. The molecule has 1 heterocycles. The van der Waals surface area contributed by atoms with E-state index in [1.165, 1.54) is 45.1 Å². The molecule has 25 heavy (non-hydrogen) atoms. The van der Waals surface area contributed by atoms with Crippen LogP contribution in [0.1, 0.15) is 45.4 Å². The Balaban J connectivity index is 0.00000312. The predicted octanol–water partition coefficient (Wildman–Crippen LogP) is 2.00. The van der Waals surface area contributed by atoms with Gasteiger partial charge in [-0.1, -0.05) is 19.8 Å². The van der Waals surface area contributed by atoms with Crippen LogP contribution in [0.4, 0.5) is 0 Å². The summed E-state index contributed by atoms with van der Waals surface area (Å²) in [7, 11) is 5.67. The summed E-state index contributed by atoms with van der Waals surface area (Å²) in [5.74, 6) is 0.935. The summed E-state index contributed by atoms with van der Waals surface area (Å²) in [6.45, 7) is 5.74. The van der Waals surface area contributed by atoms with Crippen LogP contribution in [0.3, 0.4) is 0 Å². The molecule has 1 N–H and O–H groups in total. The molecule has 0 radical (unpaired) electrons. The average Bonchev–Trinajstić information content (AvgIpc) is 3.21. The van der Waals surface area contributed by atoms with E-state index in [1.807, 2.05) is 0 Å². The zero-order valence-electron chi connectivity index (χ0n) is 16.3. The maximum atomic E-state index is 11.9. The SMILES string of the molecule is CCN1CCCC1CN(C)C(=NCC(=O)N(C)C)NC1CCCC1.I. The van der Waals surface area contributed by atoms with Crippen molar-refractivity contribution in [2.24, 2.45) is 4.99 Å². The Bertz CT molecular complexity index is 437. The molecular weight excluding hydrogens is 429 g/mol. The van der Waals surface area contributed by atoms with Gasteiger partial charge >= 0.3 is 0 Å². The van der Waals surface area contributed by atoms with Gasteiger partial charge in [0, 0.05) is 39.8 Å².